The Morgan fingerprint density at radius 2 is 1.92 bits per heavy atom. The van der Waals surface area contributed by atoms with Crippen LogP contribution in [0.3, 0.4) is 0 Å². The van der Waals surface area contributed by atoms with E-state index < -0.39 is 0 Å². The van der Waals surface area contributed by atoms with Gasteiger partial charge in [-0.3, -0.25) is 4.79 Å². The van der Waals surface area contributed by atoms with Gasteiger partial charge in [0, 0.05) is 10.6 Å². The fourth-order valence-electron chi connectivity index (χ4n) is 2.34. The minimum absolute atomic E-state index is 0.0267. The molecule has 0 fully saturated rings. The summed E-state index contributed by atoms with van der Waals surface area (Å²) in [6.45, 7) is 4.26. The Kier molecular flexibility index (Phi) is 5.96. The Balaban J connectivity index is 1.74. The molecule has 0 radical (unpaired) electrons. The summed E-state index contributed by atoms with van der Waals surface area (Å²) < 4.78 is 11.3. The Morgan fingerprint density at radius 3 is 2.65 bits per heavy atom. The molecule has 0 aliphatic carbocycles. The van der Waals surface area contributed by atoms with Crippen LogP contribution >= 0.6 is 23.4 Å². The first-order chi connectivity index (χ1) is 12.6. The van der Waals surface area contributed by atoms with Gasteiger partial charge in [-0.25, -0.2) is 0 Å². The van der Waals surface area contributed by atoms with Gasteiger partial charge in [-0.1, -0.05) is 35.5 Å². The third kappa shape index (κ3) is 4.26. The summed E-state index contributed by atoms with van der Waals surface area (Å²) in [5.74, 6) is 1.02. The lowest BCUT2D eigenvalue weighted by Gasteiger charge is -2.08. The zero-order chi connectivity index (χ0) is 18.5. The van der Waals surface area contributed by atoms with Crippen LogP contribution in [-0.2, 0) is 0 Å². The van der Waals surface area contributed by atoms with Crippen LogP contribution < -0.4 is 4.74 Å². The third-order valence-electron chi connectivity index (χ3n) is 3.60. The monoisotopic (exact) mass is 388 g/mol. The normalized spacial score (nSPS) is 12.0. The molecule has 3 aromatic rings. The standard InChI is InChI=1S/C19H17ClN2O3S/c1-3-24-16-7-5-4-6-15(16)18-21-22-19(25-18)26-12(2)17(23)13-8-10-14(20)11-9-13/h4-12H,3H2,1-2H3. The molecule has 0 aliphatic rings. The van der Waals surface area contributed by atoms with Crippen LogP contribution in [0.15, 0.2) is 58.2 Å². The van der Waals surface area contributed by atoms with Gasteiger partial charge in [-0.15, -0.1) is 10.2 Å². The number of hydrogen-bond donors (Lipinski definition) is 0. The maximum atomic E-state index is 12.5. The highest BCUT2D eigenvalue weighted by Crippen LogP contribution is 2.32. The van der Waals surface area contributed by atoms with Gasteiger partial charge in [0.1, 0.15) is 5.75 Å². The lowest BCUT2D eigenvalue weighted by molar-refractivity contribution is 0.0993. The van der Waals surface area contributed by atoms with Crippen LogP contribution in [0.4, 0.5) is 0 Å². The number of para-hydroxylation sites is 1. The summed E-state index contributed by atoms with van der Waals surface area (Å²) in [6.07, 6.45) is 0. The van der Waals surface area contributed by atoms with Crippen molar-refractivity contribution in [3.63, 3.8) is 0 Å². The van der Waals surface area contributed by atoms with Gasteiger partial charge in [-0.05, 0) is 50.2 Å². The Hall–Kier alpha value is -2.31. The quantitative estimate of drug-likeness (QED) is 0.412. The van der Waals surface area contributed by atoms with Gasteiger partial charge in [0.2, 0.25) is 0 Å². The number of ether oxygens (including phenoxy) is 1. The molecule has 5 nitrogen and oxygen atoms in total. The molecule has 0 aliphatic heterocycles. The predicted octanol–water partition coefficient (Wildman–Crippen LogP) is 5.15. The van der Waals surface area contributed by atoms with Crippen LogP contribution in [-0.4, -0.2) is 27.8 Å². The zero-order valence-electron chi connectivity index (χ0n) is 14.3. The van der Waals surface area contributed by atoms with E-state index >= 15 is 0 Å². The number of ketones is 1. The minimum Gasteiger partial charge on any atom is -0.493 e. The van der Waals surface area contributed by atoms with Crippen molar-refractivity contribution in [2.45, 2.75) is 24.3 Å². The molecule has 2 aromatic carbocycles. The highest BCUT2D eigenvalue weighted by atomic mass is 35.5. The van der Waals surface area contributed by atoms with Crippen molar-refractivity contribution in [2.75, 3.05) is 6.61 Å². The van der Waals surface area contributed by atoms with Gasteiger partial charge in [0.15, 0.2) is 5.78 Å². The molecule has 1 atom stereocenters. The Morgan fingerprint density at radius 1 is 1.19 bits per heavy atom. The summed E-state index contributed by atoms with van der Waals surface area (Å²) in [6, 6.07) is 14.3. The second kappa shape index (κ2) is 8.38. The maximum absolute atomic E-state index is 12.5. The van der Waals surface area contributed by atoms with Gasteiger partial charge >= 0.3 is 0 Å². The van der Waals surface area contributed by atoms with Gasteiger partial charge < -0.3 is 9.15 Å². The van der Waals surface area contributed by atoms with E-state index in [0.29, 0.717) is 34.1 Å². The van der Waals surface area contributed by atoms with Crippen molar-refractivity contribution in [2.24, 2.45) is 0 Å². The molecule has 0 saturated carbocycles. The first-order valence-corrected chi connectivity index (χ1v) is 9.36. The van der Waals surface area contributed by atoms with Crippen molar-refractivity contribution in [1.29, 1.82) is 0 Å². The van der Waals surface area contributed by atoms with Crippen molar-refractivity contribution in [3.8, 4) is 17.2 Å². The molecule has 0 N–H and O–H groups in total. The summed E-state index contributed by atoms with van der Waals surface area (Å²) in [5, 5.41) is 8.68. The van der Waals surface area contributed by atoms with Crippen molar-refractivity contribution >= 4 is 29.1 Å². The lowest BCUT2D eigenvalue weighted by Crippen LogP contribution is -2.13. The highest BCUT2D eigenvalue weighted by molar-refractivity contribution is 8.00. The molecule has 0 spiro atoms. The first kappa shape index (κ1) is 18.5. The summed E-state index contributed by atoms with van der Waals surface area (Å²) in [4.78, 5) is 12.5. The number of rotatable bonds is 7. The average Bonchev–Trinajstić information content (AvgIpc) is 3.11. The number of aromatic nitrogens is 2. The summed E-state index contributed by atoms with van der Waals surface area (Å²) >= 11 is 7.08. The fraction of sp³-hybridized carbons (Fsp3) is 0.211. The second-order valence-corrected chi connectivity index (χ2v) is 7.16. The van der Waals surface area contributed by atoms with E-state index in [4.69, 9.17) is 20.8 Å². The number of halogens is 1. The van der Waals surface area contributed by atoms with Crippen LogP contribution in [0.1, 0.15) is 24.2 Å². The number of hydrogen-bond acceptors (Lipinski definition) is 6. The molecule has 0 amide bonds. The SMILES string of the molecule is CCOc1ccccc1-c1nnc(SC(C)C(=O)c2ccc(Cl)cc2)o1. The fourth-order valence-corrected chi connectivity index (χ4v) is 3.23. The highest BCUT2D eigenvalue weighted by Gasteiger charge is 2.21. The van der Waals surface area contributed by atoms with E-state index in [1.807, 2.05) is 31.2 Å². The number of nitrogens with zero attached hydrogens (tertiary/aromatic N) is 2. The summed E-state index contributed by atoms with van der Waals surface area (Å²) in [5.41, 5.74) is 1.32. The van der Waals surface area contributed by atoms with Gasteiger partial charge in [-0.2, -0.15) is 0 Å². The average molecular weight is 389 g/mol. The van der Waals surface area contributed by atoms with Crippen LogP contribution in [0, 0.1) is 0 Å². The van der Waals surface area contributed by atoms with Gasteiger partial charge in [0.25, 0.3) is 11.1 Å². The molecule has 1 heterocycles. The van der Waals surface area contributed by atoms with Crippen LogP contribution in [0.25, 0.3) is 11.5 Å². The third-order valence-corrected chi connectivity index (χ3v) is 4.79. The van der Waals surface area contributed by atoms with E-state index in [1.54, 1.807) is 31.2 Å². The Bertz CT molecular complexity index is 896. The molecule has 0 bridgehead atoms. The van der Waals surface area contributed by atoms with E-state index in [2.05, 4.69) is 10.2 Å². The Labute approximate surface area is 160 Å². The maximum Gasteiger partial charge on any atom is 0.277 e. The molecule has 134 valence electrons. The minimum atomic E-state index is -0.369. The molecule has 3 rings (SSSR count). The molecule has 7 heteroatoms. The first-order valence-electron chi connectivity index (χ1n) is 8.10. The molecular weight excluding hydrogens is 372 g/mol. The zero-order valence-corrected chi connectivity index (χ0v) is 15.9. The summed E-state index contributed by atoms with van der Waals surface area (Å²) in [7, 11) is 0. The van der Waals surface area contributed by atoms with Crippen LogP contribution in [0.2, 0.25) is 5.02 Å². The predicted molar refractivity (Wildman–Crippen MR) is 102 cm³/mol. The largest absolute Gasteiger partial charge is 0.493 e. The van der Waals surface area contributed by atoms with E-state index in [9.17, 15) is 4.79 Å². The van der Waals surface area contributed by atoms with Crippen molar-refractivity contribution in [3.05, 3.63) is 59.1 Å². The number of carbonyl (C=O) groups is 1. The van der Waals surface area contributed by atoms with Crippen LogP contribution in [0.5, 0.6) is 5.75 Å². The molecule has 1 unspecified atom stereocenters. The van der Waals surface area contributed by atoms with E-state index in [1.165, 1.54) is 11.8 Å². The molecule has 1 aromatic heterocycles. The molecule has 0 saturated heterocycles. The van der Waals surface area contributed by atoms with Crippen molar-refractivity contribution < 1.29 is 13.9 Å². The topological polar surface area (TPSA) is 65.2 Å². The van der Waals surface area contributed by atoms with Gasteiger partial charge in [0.05, 0.1) is 17.4 Å². The van der Waals surface area contributed by atoms with Crippen molar-refractivity contribution in [1.82, 2.24) is 10.2 Å². The molecular formula is C19H17ClN2O3S. The second-order valence-electron chi connectivity index (χ2n) is 5.43. The number of carbonyl (C=O) groups excluding carboxylic acids is 1. The number of benzene rings is 2. The van der Waals surface area contributed by atoms with E-state index in [-0.39, 0.29) is 11.0 Å². The molecule has 26 heavy (non-hydrogen) atoms. The lowest BCUT2D eigenvalue weighted by atomic mass is 10.1. The van der Waals surface area contributed by atoms with E-state index in [0.717, 1.165) is 5.56 Å². The number of thioether (sulfide) groups is 1. The smallest absolute Gasteiger partial charge is 0.277 e. The number of Topliss-reactive ketones (excluding diaryl/α,β-unsaturated/α-hetero) is 1.